The molecule has 0 aliphatic rings. The number of nitrogens with one attached hydrogen (secondary N) is 1. The number of aromatic nitrogens is 3. The van der Waals surface area contributed by atoms with Crippen molar-refractivity contribution in [1.29, 1.82) is 0 Å². The van der Waals surface area contributed by atoms with E-state index < -0.39 is 0 Å². The molecule has 0 aliphatic heterocycles. The monoisotopic (exact) mass is 259 g/mol. The summed E-state index contributed by atoms with van der Waals surface area (Å²) in [6, 6.07) is 22.5. The zero-order chi connectivity index (χ0) is 13.4. The number of rotatable bonds is 2. The number of para-hydroxylation sites is 3. The zero-order valence-corrected chi connectivity index (χ0v) is 10.8. The highest BCUT2D eigenvalue weighted by atomic mass is 15.1. The molecule has 0 spiro atoms. The highest BCUT2D eigenvalue weighted by Crippen LogP contribution is 2.27. The largest absolute Gasteiger partial charge is 0.359 e. The number of hydrogen-bond acceptors (Lipinski definition) is 1. The van der Waals surface area contributed by atoms with Crippen LogP contribution in [0.1, 0.15) is 0 Å². The number of H-pyrrole nitrogens is 1. The zero-order valence-electron chi connectivity index (χ0n) is 10.8. The molecule has 1 N–H and O–H groups in total. The Morgan fingerprint density at radius 2 is 1.60 bits per heavy atom. The summed E-state index contributed by atoms with van der Waals surface area (Å²) in [5.74, 6) is 0.933. The number of imidazole rings is 1. The van der Waals surface area contributed by atoms with E-state index in [0.717, 1.165) is 28.2 Å². The van der Waals surface area contributed by atoms with E-state index >= 15 is 0 Å². The van der Waals surface area contributed by atoms with E-state index in [0.29, 0.717) is 0 Å². The topological polar surface area (TPSA) is 33.6 Å². The molecule has 2 aromatic carbocycles. The first-order valence-electron chi connectivity index (χ1n) is 6.60. The summed E-state index contributed by atoms with van der Waals surface area (Å²) in [5, 5.41) is 0. The van der Waals surface area contributed by atoms with Crippen molar-refractivity contribution in [1.82, 2.24) is 14.5 Å². The molecule has 20 heavy (non-hydrogen) atoms. The van der Waals surface area contributed by atoms with Gasteiger partial charge in [-0.15, -0.1) is 0 Å². The van der Waals surface area contributed by atoms with E-state index in [1.54, 1.807) is 0 Å². The second kappa shape index (κ2) is 4.38. The number of fused-ring (bicyclic) bond motifs is 1. The van der Waals surface area contributed by atoms with Gasteiger partial charge in [-0.3, -0.25) is 4.57 Å². The lowest BCUT2D eigenvalue weighted by Gasteiger charge is -2.08. The summed E-state index contributed by atoms with van der Waals surface area (Å²) in [6.45, 7) is 0. The highest BCUT2D eigenvalue weighted by molar-refractivity contribution is 5.82. The maximum atomic E-state index is 4.76. The van der Waals surface area contributed by atoms with Gasteiger partial charge in [-0.25, -0.2) is 4.98 Å². The van der Waals surface area contributed by atoms with E-state index in [9.17, 15) is 0 Å². The van der Waals surface area contributed by atoms with Crippen LogP contribution in [0.2, 0.25) is 0 Å². The lowest BCUT2D eigenvalue weighted by Crippen LogP contribution is -1.97. The van der Waals surface area contributed by atoms with Gasteiger partial charge in [-0.1, -0.05) is 30.3 Å². The van der Waals surface area contributed by atoms with Crippen molar-refractivity contribution >= 4 is 11.0 Å². The van der Waals surface area contributed by atoms with Crippen molar-refractivity contribution in [3.63, 3.8) is 0 Å². The fraction of sp³-hybridized carbons (Fsp3) is 0. The van der Waals surface area contributed by atoms with Gasteiger partial charge in [0.15, 0.2) is 5.82 Å². The molecule has 2 aromatic heterocycles. The molecule has 0 saturated carbocycles. The Hall–Kier alpha value is -2.81. The van der Waals surface area contributed by atoms with E-state index in [1.807, 2.05) is 54.7 Å². The number of hydrogen-bond donors (Lipinski definition) is 1. The van der Waals surface area contributed by atoms with Gasteiger partial charge in [0.2, 0.25) is 0 Å². The average molecular weight is 259 g/mol. The van der Waals surface area contributed by atoms with Crippen LogP contribution in [0.4, 0.5) is 0 Å². The molecule has 2 heterocycles. The minimum absolute atomic E-state index is 0.933. The second-order valence-electron chi connectivity index (χ2n) is 4.68. The molecule has 96 valence electrons. The second-order valence-corrected chi connectivity index (χ2v) is 4.68. The molecule has 0 unspecified atom stereocenters. The molecule has 0 saturated heterocycles. The fourth-order valence-corrected chi connectivity index (χ4v) is 2.51. The van der Waals surface area contributed by atoms with Crippen LogP contribution in [0.3, 0.4) is 0 Å². The van der Waals surface area contributed by atoms with E-state index in [-0.39, 0.29) is 0 Å². The smallest absolute Gasteiger partial charge is 0.162 e. The lowest BCUT2D eigenvalue weighted by atomic mass is 10.2. The first-order chi connectivity index (χ1) is 9.93. The van der Waals surface area contributed by atoms with Crippen molar-refractivity contribution in [3.05, 3.63) is 72.9 Å². The SMILES string of the molecule is c1ccc(-n2c(-c3ccc[nH]3)nc3ccccc32)cc1. The Labute approximate surface area is 116 Å². The third-order valence-electron chi connectivity index (χ3n) is 3.41. The predicted molar refractivity (Wildman–Crippen MR) is 80.9 cm³/mol. The normalized spacial score (nSPS) is 11.0. The van der Waals surface area contributed by atoms with E-state index in [1.165, 1.54) is 0 Å². The minimum atomic E-state index is 0.933. The molecule has 0 bridgehead atoms. The first-order valence-corrected chi connectivity index (χ1v) is 6.60. The Morgan fingerprint density at radius 1 is 0.800 bits per heavy atom. The molecule has 0 radical (unpaired) electrons. The number of benzene rings is 2. The molecular weight excluding hydrogens is 246 g/mol. The number of nitrogens with zero attached hydrogens (tertiary/aromatic N) is 2. The highest BCUT2D eigenvalue weighted by Gasteiger charge is 2.13. The Kier molecular flexibility index (Phi) is 2.42. The van der Waals surface area contributed by atoms with E-state index in [4.69, 9.17) is 4.98 Å². The van der Waals surface area contributed by atoms with Gasteiger partial charge in [0.05, 0.1) is 16.7 Å². The Balaban J connectivity index is 2.09. The van der Waals surface area contributed by atoms with Gasteiger partial charge in [0.1, 0.15) is 0 Å². The minimum Gasteiger partial charge on any atom is -0.359 e. The average Bonchev–Trinajstić information content (AvgIpc) is 3.15. The molecule has 4 aromatic rings. The van der Waals surface area contributed by atoms with Crippen molar-refractivity contribution in [3.8, 4) is 17.2 Å². The van der Waals surface area contributed by atoms with Crippen LogP contribution < -0.4 is 0 Å². The third kappa shape index (κ3) is 1.64. The molecule has 0 fully saturated rings. The van der Waals surface area contributed by atoms with Crippen LogP contribution in [-0.2, 0) is 0 Å². The summed E-state index contributed by atoms with van der Waals surface area (Å²) >= 11 is 0. The van der Waals surface area contributed by atoms with Gasteiger partial charge in [-0.2, -0.15) is 0 Å². The van der Waals surface area contributed by atoms with Crippen molar-refractivity contribution < 1.29 is 0 Å². The summed E-state index contributed by atoms with van der Waals surface area (Å²) in [6.07, 6.45) is 1.92. The van der Waals surface area contributed by atoms with Crippen LogP contribution in [0.15, 0.2) is 72.9 Å². The molecular formula is C17H13N3. The molecule has 0 aliphatic carbocycles. The van der Waals surface area contributed by atoms with E-state index in [2.05, 4.69) is 27.8 Å². The Morgan fingerprint density at radius 3 is 2.40 bits per heavy atom. The molecule has 3 heteroatoms. The molecule has 4 rings (SSSR count). The van der Waals surface area contributed by atoms with Crippen molar-refractivity contribution in [2.24, 2.45) is 0 Å². The summed E-state index contributed by atoms with van der Waals surface area (Å²) in [7, 11) is 0. The quantitative estimate of drug-likeness (QED) is 0.579. The maximum Gasteiger partial charge on any atom is 0.162 e. The van der Waals surface area contributed by atoms with Crippen molar-refractivity contribution in [2.75, 3.05) is 0 Å². The van der Waals surface area contributed by atoms with Gasteiger partial charge in [-0.05, 0) is 36.4 Å². The lowest BCUT2D eigenvalue weighted by molar-refractivity contribution is 1.09. The van der Waals surface area contributed by atoms with Crippen LogP contribution in [0.25, 0.3) is 28.2 Å². The molecule has 0 atom stereocenters. The fourth-order valence-electron chi connectivity index (χ4n) is 2.51. The van der Waals surface area contributed by atoms with Crippen LogP contribution in [-0.4, -0.2) is 14.5 Å². The summed E-state index contributed by atoms with van der Waals surface area (Å²) < 4.78 is 2.18. The predicted octanol–water partition coefficient (Wildman–Crippen LogP) is 4.02. The van der Waals surface area contributed by atoms with Crippen LogP contribution in [0, 0.1) is 0 Å². The standard InChI is InChI=1S/C17H13N3/c1-2-7-13(8-3-1)20-16-11-5-4-9-14(16)19-17(20)15-10-6-12-18-15/h1-12,18H. The first kappa shape index (κ1) is 11.1. The third-order valence-corrected chi connectivity index (χ3v) is 3.41. The van der Waals surface area contributed by atoms with Crippen LogP contribution in [0.5, 0.6) is 0 Å². The van der Waals surface area contributed by atoms with Gasteiger partial charge < -0.3 is 4.98 Å². The number of aromatic amines is 1. The maximum absolute atomic E-state index is 4.76. The van der Waals surface area contributed by atoms with Gasteiger partial charge >= 0.3 is 0 Å². The summed E-state index contributed by atoms with van der Waals surface area (Å²) in [5.41, 5.74) is 4.25. The molecule has 3 nitrogen and oxygen atoms in total. The van der Waals surface area contributed by atoms with Crippen molar-refractivity contribution in [2.45, 2.75) is 0 Å². The van der Waals surface area contributed by atoms with Crippen LogP contribution >= 0.6 is 0 Å². The summed E-state index contributed by atoms with van der Waals surface area (Å²) in [4.78, 5) is 8.00. The van der Waals surface area contributed by atoms with Gasteiger partial charge in [0, 0.05) is 11.9 Å². The Bertz CT molecular complexity index is 842. The van der Waals surface area contributed by atoms with Gasteiger partial charge in [0.25, 0.3) is 0 Å². The molecule has 0 amide bonds.